The molecule has 1 heterocycles. The van der Waals surface area contributed by atoms with Gasteiger partial charge in [0.15, 0.2) is 0 Å². The number of benzene rings is 1. The SMILES string of the molecule is C=Cn1c2c(c3ccccc31)=CC=CC=CC=2. The number of rotatable bonds is 1. The third-order valence-corrected chi connectivity index (χ3v) is 3.02. The van der Waals surface area contributed by atoms with Crippen LogP contribution in [0.15, 0.2) is 55.1 Å². The van der Waals surface area contributed by atoms with Gasteiger partial charge in [-0.2, -0.15) is 0 Å². The molecule has 3 rings (SSSR count). The maximum Gasteiger partial charge on any atom is 0.0534 e. The van der Waals surface area contributed by atoms with Crippen molar-refractivity contribution in [2.75, 3.05) is 0 Å². The van der Waals surface area contributed by atoms with Crippen LogP contribution in [0.1, 0.15) is 0 Å². The van der Waals surface area contributed by atoms with Crippen molar-refractivity contribution in [3.8, 4) is 0 Å². The summed E-state index contributed by atoms with van der Waals surface area (Å²) in [6.07, 6.45) is 14.3. The van der Waals surface area contributed by atoms with Crippen molar-refractivity contribution >= 4 is 29.3 Å². The van der Waals surface area contributed by atoms with E-state index in [4.69, 9.17) is 0 Å². The molecule has 2 aromatic rings. The van der Waals surface area contributed by atoms with E-state index in [9.17, 15) is 0 Å². The summed E-state index contributed by atoms with van der Waals surface area (Å²) in [5.41, 5.74) is 1.20. The van der Waals surface area contributed by atoms with Crippen molar-refractivity contribution in [2.45, 2.75) is 0 Å². The largest absolute Gasteiger partial charge is 0.317 e. The number of hydrogen-bond donors (Lipinski definition) is 0. The molecular formula is C16H13N. The number of hydrogen-bond acceptors (Lipinski definition) is 0. The van der Waals surface area contributed by atoms with Crippen molar-refractivity contribution < 1.29 is 0 Å². The molecule has 1 nitrogen and oxygen atoms in total. The first kappa shape index (κ1) is 9.91. The first-order chi connectivity index (χ1) is 8.42. The summed E-state index contributed by atoms with van der Waals surface area (Å²) in [5, 5.41) is 3.70. The van der Waals surface area contributed by atoms with E-state index in [0.29, 0.717) is 0 Å². The number of para-hydroxylation sites is 1. The monoisotopic (exact) mass is 219 g/mol. The maximum absolute atomic E-state index is 3.90. The van der Waals surface area contributed by atoms with Gasteiger partial charge in [-0.05, 0) is 12.1 Å². The summed E-state index contributed by atoms with van der Waals surface area (Å²) in [4.78, 5) is 0. The average molecular weight is 219 g/mol. The fraction of sp³-hybridized carbons (Fsp3) is 0. The van der Waals surface area contributed by atoms with Crippen LogP contribution in [0.5, 0.6) is 0 Å². The fourth-order valence-corrected chi connectivity index (χ4v) is 2.28. The van der Waals surface area contributed by atoms with Gasteiger partial charge in [-0.15, -0.1) is 0 Å². The molecule has 1 aliphatic carbocycles. The minimum Gasteiger partial charge on any atom is -0.317 e. The minimum atomic E-state index is 1.18. The number of nitrogens with zero attached hydrogens (tertiary/aromatic N) is 1. The van der Waals surface area contributed by atoms with Crippen molar-refractivity contribution in [3.05, 3.63) is 65.7 Å². The highest BCUT2D eigenvalue weighted by atomic mass is 14.9. The molecule has 0 amide bonds. The van der Waals surface area contributed by atoms with Gasteiger partial charge >= 0.3 is 0 Å². The molecule has 82 valence electrons. The molecule has 0 aliphatic heterocycles. The zero-order chi connectivity index (χ0) is 11.7. The van der Waals surface area contributed by atoms with Crippen LogP contribution in [0, 0.1) is 0 Å². The zero-order valence-electron chi connectivity index (χ0n) is 9.51. The van der Waals surface area contributed by atoms with Gasteiger partial charge in [0.2, 0.25) is 0 Å². The highest BCUT2D eigenvalue weighted by Crippen LogP contribution is 2.08. The van der Waals surface area contributed by atoms with Gasteiger partial charge in [0.05, 0.1) is 10.9 Å². The van der Waals surface area contributed by atoms with Crippen LogP contribution in [0.2, 0.25) is 0 Å². The van der Waals surface area contributed by atoms with E-state index in [-0.39, 0.29) is 0 Å². The second-order valence-corrected chi connectivity index (χ2v) is 3.97. The van der Waals surface area contributed by atoms with E-state index in [0.717, 1.165) is 0 Å². The minimum absolute atomic E-state index is 1.18. The Kier molecular flexibility index (Phi) is 2.30. The number of fused-ring (bicyclic) bond motifs is 3. The van der Waals surface area contributed by atoms with Gasteiger partial charge in [0, 0.05) is 16.8 Å². The van der Waals surface area contributed by atoms with Crippen LogP contribution in [0.4, 0.5) is 0 Å². The van der Waals surface area contributed by atoms with Crippen LogP contribution in [-0.4, -0.2) is 4.57 Å². The Morgan fingerprint density at radius 1 is 0.941 bits per heavy atom. The van der Waals surface area contributed by atoms with Gasteiger partial charge in [-0.25, -0.2) is 0 Å². The third kappa shape index (κ3) is 1.48. The third-order valence-electron chi connectivity index (χ3n) is 3.02. The Balaban J connectivity index is 2.64. The molecule has 0 bridgehead atoms. The predicted octanol–water partition coefficient (Wildman–Crippen LogP) is 2.43. The smallest absolute Gasteiger partial charge is 0.0534 e. The summed E-state index contributed by atoms with van der Waals surface area (Å²) < 4.78 is 2.13. The highest BCUT2D eigenvalue weighted by Gasteiger charge is 2.03. The van der Waals surface area contributed by atoms with E-state index in [1.807, 2.05) is 18.4 Å². The molecule has 0 spiro atoms. The summed E-state index contributed by atoms with van der Waals surface area (Å²) in [7, 11) is 0. The summed E-state index contributed by atoms with van der Waals surface area (Å²) >= 11 is 0. The van der Waals surface area contributed by atoms with Crippen molar-refractivity contribution in [3.63, 3.8) is 0 Å². The lowest BCUT2D eigenvalue weighted by atomic mass is 10.2. The van der Waals surface area contributed by atoms with Crippen molar-refractivity contribution in [2.24, 2.45) is 0 Å². The van der Waals surface area contributed by atoms with Crippen LogP contribution in [-0.2, 0) is 0 Å². The highest BCUT2D eigenvalue weighted by molar-refractivity contribution is 5.84. The molecule has 0 radical (unpaired) electrons. The molecule has 1 aliphatic rings. The Hall–Kier alpha value is -2.28. The van der Waals surface area contributed by atoms with Gasteiger partial charge < -0.3 is 4.57 Å². The Morgan fingerprint density at radius 3 is 2.53 bits per heavy atom. The second kappa shape index (κ2) is 3.95. The molecule has 0 atom stereocenters. The van der Waals surface area contributed by atoms with E-state index in [2.05, 4.69) is 59.7 Å². The molecule has 1 heteroatoms. The molecule has 1 aromatic heterocycles. The summed E-state index contributed by atoms with van der Waals surface area (Å²) in [5.74, 6) is 0. The molecule has 0 saturated carbocycles. The Morgan fingerprint density at radius 2 is 1.71 bits per heavy atom. The zero-order valence-corrected chi connectivity index (χ0v) is 9.51. The van der Waals surface area contributed by atoms with Gasteiger partial charge in [0.1, 0.15) is 0 Å². The van der Waals surface area contributed by atoms with Crippen molar-refractivity contribution in [1.29, 1.82) is 0 Å². The second-order valence-electron chi connectivity index (χ2n) is 3.97. The number of aromatic nitrogens is 1. The van der Waals surface area contributed by atoms with Crippen LogP contribution >= 0.6 is 0 Å². The lowest BCUT2D eigenvalue weighted by molar-refractivity contribution is 1.16. The quantitative estimate of drug-likeness (QED) is 0.694. The van der Waals surface area contributed by atoms with Crippen molar-refractivity contribution in [1.82, 2.24) is 4.57 Å². The predicted molar refractivity (Wildman–Crippen MR) is 74.8 cm³/mol. The topological polar surface area (TPSA) is 4.93 Å². The van der Waals surface area contributed by atoms with E-state index >= 15 is 0 Å². The first-order valence-corrected chi connectivity index (χ1v) is 5.69. The van der Waals surface area contributed by atoms with Gasteiger partial charge in [-0.3, -0.25) is 0 Å². The number of allylic oxidation sites excluding steroid dienone is 4. The lowest BCUT2D eigenvalue weighted by Crippen LogP contribution is -2.26. The normalized spacial score (nSPS) is 13.4. The molecular weight excluding hydrogens is 206 g/mol. The van der Waals surface area contributed by atoms with E-state index < -0.39 is 0 Å². The molecule has 0 N–H and O–H groups in total. The van der Waals surface area contributed by atoms with Crippen LogP contribution < -0.4 is 10.6 Å². The van der Waals surface area contributed by atoms with Gasteiger partial charge in [0.25, 0.3) is 0 Å². The van der Waals surface area contributed by atoms with E-state index in [1.54, 1.807) is 0 Å². The fourth-order valence-electron chi connectivity index (χ4n) is 2.28. The molecule has 0 fully saturated rings. The molecule has 1 aromatic carbocycles. The Labute approximate surface area is 100.0 Å². The van der Waals surface area contributed by atoms with Crippen LogP contribution in [0.3, 0.4) is 0 Å². The lowest BCUT2D eigenvalue weighted by Gasteiger charge is -1.96. The van der Waals surface area contributed by atoms with E-state index in [1.165, 1.54) is 21.5 Å². The average Bonchev–Trinajstić information content (AvgIpc) is 2.61. The Bertz CT molecular complexity index is 755. The summed E-state index contributed by atoms with van der Waals surface area (Å²) in [6.45, 7) is 3.90. The molecule has 17 heavy (non-hydrogen) atoms. The van der Waals surface area contributed by atoms with Gasteiger partial charge in [-0.1, -0.05) is 55.2 Å². The molecule has 0 unspecified atom stereocenters. The standard InChI is InChI=1S/C16H13N/c1-2-17-15-11-6-4-3-5-9-13(15)14-10-7-8-12-16(14)17/h2-12H,1H2. The van der Waals surface area contributed by atoms with Crippen LogP contribution in [0.25, 0.3) is 29.3 Å². The molecule has 0 saturated heterocycles. The first-order valence-electron chi connectivity index (χ1n) is 5.69. The summed E-state index contributed by atoms with van der Waals surface area (Å²) in [6, 6.07) is 8.40. The maximum atomic E-state index is 3.90.